The number of nitriles is 1. The van der Waals surface area contributed by atoms with Crippen molar-refractivity contribution < 1.29 is 17.6 Å². The van der Waals surface area contributed by atoms with Gasteiger partial charge in [0.2, 0.25) is 10.0 Å². The fourth-order valence-electron chi connectivity index (χ4n) is 3.20. The van der Waals surface area contributed by atoms with Crippen LogP contribution >= 0.6 is 0 Å². The number of amides is 1. The molecule has 8 nitrogen and oxygen atoms in total. The van der Waals surface area contributed by atoms with Gasteiger partial charge in [-0.05, 0) is 42.0 Å². The minimum atomic E-state index is -3.75. The molecule has 162 valence electrons. The molecule has 3 N–H and O–H groups in total. The highest BCUT2D eigenvalue weighted by molar-refractivity contribution is 7.89. The molecule has 0 unspecified atom stereocenters. The second-order valence-corrected chi connectivity index (χ2v) is 8.56. The smallest absolute Gasteiger partial charge is 0.266 e. The van der Waals surface area contributed by atoms with Gasteiger partial charge in [-0.15, -0.1) is 0 Å². The lowest BCUT2D eigenvalue weighted by atomic mass is 10.2. The van der Waals surface area contributed by atoms with Crippen molar-refractivity contribution in [3.63, 3.8) is 0 Å². The minimum absolute atomic E-state index is 0.0134. The first kappa shape index (κ1) is 22.3. The number of hydrogen-bond donors (Lipinski definition) is 2. The number of carbonyl (C=O) groups excluding carboxylic acids is 1. The molecular weight excluding hydrogens is 421 g/mol. The predicted molar refractivity (Wildman–Crippen MR) is 114 cm³/mol. The van der Waals surface area contributed by atoms with E-state index in [2.05, 4.69) is 10.2 Å². The van der Waals surface area contributed by atoms with Crippen molar-refractivity contribution in [1.29, 1.82) is 5.26 Å². The SMILES string of the molecule is N#C/C(=C/NCc1ccc(S(N)(=O)=O)cc1)C(=O)N1CCN(c2ccc(F)cc2)CC1. The first-order valence-electron chi connectivity index (χ1n) is 9.53. The Morgan fingerprint density at radius 1 is 1.10 bits per heavy atom. The first-order valence-corrected chi connectivity index (χ1v) is 11.1. The number of carbonyl (C=O) groups is 1. The summed E-state index contributed by atoms with van der Waals surface area (Å²) in [5.41, 5.74) is 1.64. The molecule has 0 saturated carbocycles. The fourth-order valence-corrected chi connectivity index (χ4v) is 3.72. The van der Waals surface area contributed by atoms with E-state index >= 15 is 0 Å². The lowest BCUT2D eigenvalue weighted by molar-refractivity contribution is -0.127. The summed E-state index contributed by atoms with van der Waals surface area (Å²) in [4.78, 5) is 16.3. The molecule has 10 heteroatoms. The number of nitrogens with two attached hydrogens (primary N) is 1. The van der Waals surface area contributed by atoms with E-state index in [0.29, 0.717) is 32.7 Å². The number of anilines is 1. The van der Waals surface area contributed by atoms with Crippen LogP contribution in [0.3, 0.4) is 0 Å². The highest BCUT2D eigenvalue weighted by Crippen LogP contribution is 2.17. The summed E-state index contributed by atoms with van der Waals surface area (Å²) in [6, 6.07) is 14.1. The van der Waals surface area contributed by atoms with Gasteiger partial charge in [0, 0.05) is 44.6 Å². The minimum Gasteiger partial charge on any atom is -0.386 e. The number of benzene rings is 2. The summed E-state index contributed by atoms with van der Waals surface area (Å²) >= 11 is 0. The molecule has 0 atom stereocenters. The molecule has 2 aromatic carbocycles. The van der Waals surface area contributed by atoms with Crippen molar-refractivity contribution in [1.82, 2.24) is 10.2 Å². The zero-order valence-electron chi connectivity index (χ0n) is 16.7. The molecule has 3 rings (SSSR count). The van der Waals surface area contributed by atoms with Crippen LogP contribution in [0.1, 0.15) is 5.56 Å². The number of primary sulfonamides is 1. The van der Waals surface area contributed by atoms with E-state index in [1.807, 2.05) is 6.07 Å². The Kier molecular flexibility index (Phi) is 6.89. The fraction of sp³-hybridized carbons (Fsp3) is 0.238. The van der Waals surface area contributed by atoms with Crippen molar-refractivity contribution in [2.24, 2.45) is 5.14 Å². The summed E-state index contributed by atoms with van der Waals surface area (Å²) in [5.74, 6) is -0.660. The standard InChI is InChI=1S/C21H22FN5O3S/c22-18-3-5-19(6-4-18)26-9-11-27(12-10-26)21(28)17(13-23)15-25-14-16-1-7-20(8-2-16)31(24,29)30/h1-8,15,25H,9-12,14H2,(H2,24,29,30)/b17-15-. The molecule has 0 aliphatic carbocycles. The van der Waals surface area contributed by atoms with E-state index in [0.717, 1.165) is 11.3 Å². The molecule has 0 aromatic heterocycles. The number of nitrogens with one attached hydrogen (secondary N) is 1. The highest BCUT2D eigenvalue weighted by atomic mass is 32.2. The van der Waals surface area contributed by atoms with Gasteiger partial charge in [0.05, 0.1) is 4.90 Å². The zero-order chi connectivity index (χ0) is 22.4. The van der Waals surface area contributed by atoms with Gasteiger partial charge < -0.3 is 15.1 Å². The largest absolute Gasteiger partial charge is 0.386 e. The van der Waals surface area contributed by atoms with E-state index in [4.69, 9.17) is 5.14 Å². The lowest BCUT2D eigenvalue weighted by Gasteiger charge is -2.36. The third-order valence-electron chi connectivity index (χ3n) is 4.91. The van der Waals surface area contributed by atoms with Crippen LogP contribution in [0.2, 0.25) is 0 Å². The van der Waals surface area contributed by atoms with Crippen molar-refractivity contribution in [3.8, 4) is 6.07 Å². The second-order valence-electron chi connectivity index (χ2n) is 7.00. The van der Waals surface area contributed by atoms with Gasteiger partial charge in [0.1, 0.15) is 17.5 Å². The molecule has 1 aliphatic heterocycles. The Bertz CT molecular complexity index is 1100. The van der Waals surface area contributed by atoms with E-state index in [1.165, 1.54) is 30.5 Å². The van der Waals surface area contributed by atoms with Crippen LogP contribution < -0.4 is 15.4 Å². The molecule has 2 aromatic rings. The summed E-state index contributed by atoms with van der Waals surface area (Å²) in [6.45, 7) is 2.37. The topological polar surface area (TPSA) is 120 Å². The highest BCUT2D eigenvalue weighted by Gasteiger charge is 2.23. The van der Waals surface area contributed by atoms with Crippen molar-refractivity contribution in [2.75, 3.05) is 31.1 Å². The molecule has 1 saturated heterocycles. The number of halogens is 1. The number of hydrogen-bond acceptors (Lipinski definition) is 6. The zero-order valence-corrected chi connectivity index (χ0v) is 17.5. The Labute approximate surface area is 180 Å². The quantitative estimate of drug-likeness (QED) is 0.513. The normalized spacial score (nSPS) is 14.8. The second kappa shape index (κ2) is 9.59. The average Bonchev–Trinajstić information content (AvgIpc) is 2.77. The maximum atomic E-state index is 13.1. The molecule has 31 heavy (non-hydrogen) atoms. The molecule has 0 spiro atoms. The van der Waals surface area contributed by atoms with Gasteiger partial charge in [-0.3, -0.25) is 4.79 Å². The van der Waals surface area contributed by atoms with Crippen molar-refractivity contribution in [2.45, 2.75) is 11.4 Å². The summed E-state index contributed by atoms with van der Waals surface area (Å²) in [6.07, 6.45) is 1.36. The van der Waals surface area contributed by atoms with Crippen LogP contribution in [0.5, 0.6) is 0 Å². The monoisotopic (exact) mass is 443 g/mol. The van der Waals surface area contributed by atoms with Crippen LogP contribution in [0, 0.1) is 17.1 Å². The number of nitrogens with zero attached hydrogens (tertiary/aromatic N) is 3. The molecule has 0 radical (unpaired) electrons. The Morgan fingerprint density at radius 3 is 2.26 bits per heavy atom. The third kappa shape index (κ3) is 5.81. The van der Waals surface area contributed by atoms with Crippen molar-refractivity contribution in [3.05, 3.63) is 71.7 Å². The Hall–Kier alpha value is -3.42. The number of piperazine rings is 1. The van der Waals surface area contributed by atoms with Crippen LogP contribution in [-0.2, 0) is 21.4 Å². The van der Waals surface area contributed by atoms with Crippen LogP contribution in [0.4, 0.5) is 10.1 Å². The van der Waals surface area contributed by atoms with Crippen LogP contribution in [0.25, 0.3) is 0 Å². The predicted octanol–water partition coefficient (Wildman–Crippen LogP) is 1.32. The van der Waals surface area contributed by atoms with Gasteiger partial charge in [-0.1, -0.05) is 12.1 Å². The lowest BCUT2D eigenvalue weighted by Crippen LogP contribution is -2.49. The summed E-state index contributed by atoms with van der Waals surface area (Å²) in [5, 5.41) is 17.4. The van der Waals surface area contributed by atoms with E-state index in [1.54, 1.807) is 29.2 Å². The molecule has 1 heterocycles. The summed E-state index contributed by atoms with van der Waals surface area (Å²) < 4.78 is 35.6. The van der Waals surface area contributed by atoms with E-state index in [9.17, 15) is 22.9 Å². The summed E-state index contributed by atoms with van der Waals surface area (Å²) in [7, 11) is -3.75. The molecular formula is C21H22FN5O3S. The van der Waals surface area contributed by atoms with Crippen LogP contribution in [-0.4, -0.2) is 45.4 Å². The van der Waals surface area contributed by atoms with Crippen molar-refractivity contribution >= 4 is 21.6 Å². The van der Waals surface area contributed by atoms with Gasteiger partial charge in [0.25, 0.3) is 5.91 Å². The number of sulfonamides is 1. The molecule has 0 bridgehead atoms. The van der Waals surface area contributed by atoms with Gasteiger partial charge >= 0.3 is 0 Å². The molecule has 1 aliphatic rings. The van der Waals surface area contributed by atoms with E-state index in [-0.39, 0.29) is 22.2 Å². The Balaban J connectivity index is 1.54. The first-order chi connectivity index (χ1) is 14.8. The van der Waals surface area contributed by atoms with Gasteiger partial charge in [-0.2, -0.15) is 5.26 Å². The molecule has 1 amide bonds. The van der Waals surface area contributed by atoms with Crippen LogP contribution in [0.15, 0.2) is 65.2 Å². The maximum Gasteiger partial charge on any atom is 0.266 e. The maximum absolute atomic E-state index is 13.1. The molecule has 1 fully saturated rings. The average molecular weight is 444 g/mol. The van der Waals surface area contributed by atoms with Gasteiger partial charge in [0.15, 0.2) is 0 Å². The Morgan fingerprint density at radius 2 is 1.71 bits per heavy atom. The number of rotatable bonds is 6. The van der Waals surface area contributed by atoms with E-state index < -0.39 is 10.0 Å². The third-order valence-corrected chi connectivity index (χ3v) is 5.84. The van der Waals surface area contributed by atoms with Gasteiger partial charge in [-0.25, -0.2) is 17.9 Å².